The van der Waals surface area contributed by atoms with Crippen molar-refractivity contribution in [2.75, 3.05) is 0 Å². The summed E-state index contributed by atoms with van der Waals surface area (Å²) in [6.07, 6.45) is 3.84. The Labute approximate surface area is 86.3 Å². The monoisotopic (exact) mass is 203 g/mol. The van der Waals surface area contributed by atoms with Gasteiger partial charge < -0.3 is 4.52 Å². The van der Waals surface area contributed by atoms with Crippen molar-refractivity contribution in [2.45, 2.75) is 13.8 Å². The minimum atomic E-state index is -0.191. The zero-order valence-corrected chi connectivity index (χ0v) is 8.40. The SMILES string of the molecule is Cc1noc(C)c1C1=CC(=O)C=CC1=O. The number of hydrogen-bond acceptors (Lipinski definition) is 4. The van der Waals surface area contributed by atoms with Crippen LogP contribution >= 0.6 is 0 Å². The Kier molecular flexibility index (Phi) is 2.11. The second kappa shape index (κ2) is 3.31. The number of rotatable bonds is 1. The number of carbonyl (C=O) groups excluding carboxylic acids is 2. The lowest BCUT2D eigenvalue weighted by Crippen LogP contribution is -2.07. The smallest absolute Gasteiger partial charge is 0.186 e. The topological polar surface area (TPSA) is 60.2 Å². The van der Waals surface area contributed by atoms with Gasteiger partial charge in [0, 0.05) is 5.57 Å². The van der Waals surface area contributed by atoms with E-state index in [-0.39, 0.29) is 11.6 Å². The fourth-order valence-electron chi connectivity index (χ4n) is 1.57. The second-order valence-corrected chi connectivity index (χ2v) is 3.36. The fourth-order valence-corrected chi connectivity index (χ4v) is 1.57. The summed E-state index contributed by atoms with van der Waals surface area (Å²) in [5.74, 6) is 0.170. The van der Waals surface area contributed by atoms with Crippen LogP contribution in [0.3, 0.4) is 0 Å². The van der Waals surface area contributed by atoms with Crippen molar-refractivity contribution in [3.8, 4) is 0 Å². The number of allylic oxidation sites excluding steroid dienone is 4. The maximum Gasteiger partial charge on any atom is 0.186 e. The van der Waals surface area contributed by atoms with Crippen LogP contribution in [0.4, 0.5) is 0 Å². The van der Waals surface area contributed by atoms with E-state index < -0.39 is 0 Å². The van der Waals surface area contributed by atoms with E-state index in [0.717, 1.165) is 0 Å². The average Bonchev–Trinajstić information content (AvgIpc) is 2.51. The Hall–Kier alpha value is -1.97. The van der Waals surface area contributed by atoms with E-state index in [9.17, 15) is 9.59 Å². The van der Waals surface area contributed by atoms with Crippen molar-refractivity contribution >= 4 is 17.1 Å². The van der Waals surface area contributed by atoms with Gasteiger partial charge in [-0.05, 0) is 32.1 Å². The highest BCUT2D eigenvalue weighted by molar-refractivity contribution is 6.34. The molecular weight excluding hydrogens is 194 g/mol. The third-order valence-electron chi connectivity index (χ3n) is 2.25. The summed E-state index contributed by atoms with van der Waals surface area (Å²) in [5, 5.41) is 3.75. The van der Waals surface area contributed by atoms with Crippen molar-refractivity contribution in [3.63, 3.8) is 0 Å². The number of nitrogens with zero attached hydrogens (tertiary/aromatic N) is 1. The summed E-state index contributed by atoms with van der Waals surface area (Å²) < 4.78 is 4.95. The highest BCUT2D eigenvalue weighted by Gasteiger charge is 2.21. The summed E-state index contributed by atoms with van der Waals surface area (Å²) in [6.45, 7) is 3.45. The van der Waals surface area contributed by atoms with Gasteiger partial charge in [0.05, 0.1) is 11.3 Å². The standard InChI is InChI=1S/C11H9NO3/c1-6-11(7(2)15-12-6)9-5-8(13)3-4-10(9)14/h3-5H,1-2H3. The van der Waals surface area contributed by atoms with Crippen LogP contribution in [0.25, 0.3) is 5.57 Å². The van der Waals surface area contributed by atoms with E-state index in [2.05, 4.69) is 5.16 Å². The molecule has 0 fully saturated rings. The number of aryl methyl sites for hydroxylation is 2. The molecule has 0 atom stereocenters. The van der Waals surface area contributed by atoms with Crippen molar-refractivity contribution in [1.29, 1.82) is 0 Å². The van der Waals surface area contributed by atoms with Gasteiger partial charge in [0.2, 0.25) is 0 Å². The van der Waals surface area contributed by atoms with Crippen LogP contribution in [0.2, 0.25) is 0 Å². The van der Waals surface area contributed by atoms with Crippen molar-refractivity contribution in [2.24, 2.45) is 0 Å². The van der Waals surface area contributed by atoms with Gasteiger partial charge in [-0.25, -0.2) is 0 Å². The quantitative estimate of drug-likeness (QED) is 0.647. The first-order valence-electron chi connectivity index (χ1n) is 4.51. The Bertz CT molecular complexity index is 486. The number of hydrogen-bond donors (Lipinski definition) is 0. The predicted molar refractivity (Wildman–Crippen MR) is 53.1 cm³/mol. The third-order valence-corrected chi connectivity index (χ3v) is 2.25. The van der Waals surface area contributed by atoms with Gasteiger partial charge in [0.25, 0.3) is 0 Å². The highest BCUT2D eigenvalue weighted by Crippen LogP contribution is 2.25. The molecule has 4 heteroatoms. The molecule has 0 amide bonds. The summed E-state index contributed by atoms with van der Waals surface area (Å²) in [4.78, 5) is 22.7. The summed E-state index contributed by atoms with van der Waals surface area (Å²) in [5.41, 5.74) is 1.60. The minimum Gasteiger partial charge on any atom is -0.361 e. The maximum atomic E-state index is 11.6. The summed E-state index contributed by atoms with van der Waals surface area (Å²) >= 11 is 0. The number of ketones is 2. The van der Waals surface area contributed by atoms with E-state index in [0.29, 0.717) is 22.6 Å². The fraction of sp³-hybridized carbons (Fsp3) is 0.182. The van der Waals surface area contributed by atoms with Gasteiger partial charge in [-0.15, -0.1) is 0 Å². The van der Waals surface area contributed by atoms with Crippen LogP contribution in [-0.4, -0.2) is 16.7 Å². The zero-order valence-electron chi connectivity index (χ0n) is 8.40. The molecule has 1 aliphatic carbocycles. The molecule has 15 heavy (non-hydrogen) atoms. The van der Waals surface area contributed by atoms with Gasteiger partial charge in [0.1, 0.15) is 5.76 Å². The first kappa shape index (κ1) is 9.58. The molecule has 0 saturated heterocycles. The molecule has 76 valence electrons. The largest absolute Gasteiger partial charge is 0.361 e. The van der Waals surface area contributed by atoms with Gasteiger partial charge in [-0.3, -0.25) is 9.59 Å². The van der Waals surface area contributed by atoms with E-state index in [1.54, 1.807) is 13.8 Å². The molecule has 0 aliphatic heterocycles. The number of carbonyl (C=O) groups is 2. The lowest BCUT2D eigenvalue weighted by atomic mass is 9.95. The molecule has 0 aromatic carbocycles. The molecular formula is C11H9NO3. The molecule has 1 heterocycles. The maximum absolute atomic E-state index is 11.6. The summed E-state index contributed by atoms with van der Waals surface area (Å²) in [7, 11) is 0. The molecule has 0 radical (unpaired) electrons. The van der Waals surface area contributed by atoms with Crippen molar-refractivity contribution < 1.29 is 14.1 Å². The van der Waals surface area contributed by atoms with E-state index in [4.69, 9.17) is 4.52 Å². The number of aromatic nitrogens is 1. The first-order valence-corrected chi connectivity index (χ1v) is 4.51. The zero-order chi connectivity index (χ0) is 11.0. The molecule has 1 aliphatic rings. The molecule has 1 aromatic rings. The lowest BCUT2D eigenvalue weighted by molar-refractivity contribution is -0.113. The Balaban J connectivity index is 2.56. The van der Waals surface area contributed by atoms with E-state index >= 15 is 0 Å². The predicted octanol–water partition coefficient (Wildman–Crippen LogP) is 1.38. The molecule has 0 bridgehead atoms. The Morgan fingerprint density at radius 1 is 1.20 bits per heavy atom. The van der Waals surface area contributed by atoms with Crippen LogP contribution in [0, 0.1) is 13.8 Å². The first-order chi connectivity index (χ1) is 7.09. The van der Waals surface area contributed by atoms with Crippen LogP contribution in [0.5, 0.6) is 0 Å². The molecule has 0 N–H and O–H groups in total. The average molecular weight is 203 g/mol. The molecule has 0 unspecified atom stereocenters. The molecule has 0 saturated carbocycles. The van der Waals surface area contributed by atoms with Crippen molar-refractivity contribution in [3.05, 3.63) is 35.2 Å². The molecule has 4 nitrogen and oxygen atoms in total. The molecule has 2 rings (SSSR count). The van der Waals surface area contributed by atoms with Crippen LogP contribution in [0.15, 0.2) is 22.8 Å². The molecule has 1 aromatic heterocycles. The van der Waals surface area contributed by atoms with Gasteiger partial charge >= 0.3 is 0 Å². The van der Waals surface area contributed by atoms with Gasteiger partial charge in [-0.1, -0.05) is 5.16 Å². The molecule has 0 spiro atoms. The van der Waals surface area contributed by atoms with E-state index in [1.165, 1.54) is 18.2 Å². The Morgan fingerprint density at radius 2 is 1.93 bits per heavy atom. The lowest BCUT2D eigenvalue weighted by Gasteiger charge is -2.05. The Morgan fingerprint density at radius 3 is 2.53 bits per heavy atom. The second-order valence-electron chi connectivity index (χ2n) is 3.36. The van der Waals surface area contributed by atoms with Gasteiger partial charge in [-0.2, -0.15) is 0 Å². The van der Waals surface area contributed by atoms with Crippen molar-refractivity contribution in [1.82, 2.24) is 5.16 Å². The minimum absolute atomic E-state index is 0.190. The van der Waals surface area contributed by atoms with Crippen LogP contribution in [0.1, 0.15) is 17.0 Å². The normalized spacial score (nSPS) is 15.7. The summed E-state index contributed by atoms with van der Waals surface area (Å²) in [6, 6.07) is 0. The van der Waals surface area contributed by atoms with Crippen LogP contribution < -0.4 is 0 Å². The van der Waals surface area contributed by atoms with E-state index in [1.807, 2.05) is 0 Å². The van der Waals surface area contributed by atoms with Gasteiger partial charge in [0.15, 0.2) is 11.6 Å². The van der Waals surface area contributed by atoms with Crippen LogP contribution in [-0.2, 0) is 9.59 Å². The highest BCUT2D eigenvalue weighted by atomic mass is 16.5. The third kappa shape index (κ3) is 1.54.